The highest BCUT2D eigenvalue weighted by Crippen LogP contribution is 2.64. The van der Waals surface area contributed by atoms with Gasteiger partial charge >= 0.3 is 5.97 Å². The molecule has 5 nitrogen and oxygen atoms in total. The molecule has 0 spiro atoms. The van der Waals surface area contributed by atoms with E-state index in [9.17, 15) is 13.2 Å². The van der Waals surface area contributed by atoms with Crippen LogP contribution in [0, 0.1) is 12.3 Å². The highest BCUT2D eigenvalue weighted by molar-refractivity contribution is 7.92. The van der Waals surface area contributed by atoms with Crippen molar-refractivity contribution in [2.24, 2.45) is 11.1 Å². The fourth-order valence-electron chi connectivity index (χ4n) is 3.74. The molecular weight excluding hydrogens is 386 g/mol. The van der Waals surface area contributed by atoms with Gasteiger partial charge in [-0.2, -0.15) is 0 Å². The average Bonchev–Trinajstić information content (AvgIpc) is 3.34. The summed E-state index contributed by atoms with van der Waals surface area (Å²) in [5, 5.41) is -0.518. The Morgan fingerprint density at radius 1 is 1.22 bits per heavy atom. The zero-order valence-corrected chi connectivity index (χ0v) is 16.8. The number of hydrogen-bond acceptors (Lipinski definition) is 5. The van der Waals surface area contributed by atoms with Crippen LogP contribution in [0.1, 0.15) is 24.0 Å². The highest BCUT2D eigenvalue weighted by Gasteiger charge is 2.75. The molecule has 0 bridgehead atoms. The monoisotopic (exact) mass is 407 g/mol. The number of halogens is 1. The number of carbonyl (C=O) groups is 1. The molecule has 0 saturated heterocycles. The Labute approximate surface area is 164 Å². The fourth-order valence-corrected chi connectivity index (χ4v) is 6.32. The summed E-state index contributed by atoms with van der Waals surface area (Å²) in [5.74, 6) is -1.19. The summed E-state index contributed by atoms with van der Waals surface area (Å²) in [5.41, 5.74) is 6.26. The third-order valence-corrected chi connectivity index (χ3v) is 7.67. The number of carbonyl (C=O) groups excluding carboxylic acids is 1. The SMILES string of the molecule is CCOC(=O)[C@]1(CN)[C@@H](c2cccc(Cl)c2)[C@@H]1S(=O)(=O)c1ccc(C)cc1. The first kappa shape index (κ1) is 19.9. The predicted octanol–water partition coefficient (Wildman–Crippen LogP) is 3.10. The first-order valence-electron chi connectivity index (χ1n) is 8.72. The summed E-state index contributed by atoms with van der Waals surface area (Å²) in [7, 11) is -3.80. The molecular formula is C20H22ClNO4S. The van der Waals surface area contributed by atoms with Crippen LogP contribution >= 0.6 is 11.6 Å². The van der Waals surface area contributed by atoms with Crippen molar-refractivity contribution in [3.05, 3.63) is 64.7 Å². The van der Waals surface area contributed by atoms with Crippen molar-refractivity contribution in [1.29, 1.82) is 0 Å². The minimum absolute atomic E-state index is 0.126. The Kier molecular flexibility index (Phi) is 5.34. The molecule has 0 amide bonds. The van der Waals surface area contributed by atoms with Crippen molar-refractivity contribution in [3.63, 3.8) is 0 Å². The van der Waals surface area contributed by atoms with Crippen LogP contribution in [-0.4, -0.2) is 32.8 Å². The van der Waals surface area contributed by atoms with Gasteiger partial charge in [-0.15, -0.1) is 0 Å². The van der Waals surface area contributed by atoms with Gasteiger partial charge in [0.15, 0.2) is 9.84 Å². The number of sulfone groups is 1. The number of benzene rings is 2. The summed E-state index contributed by atoms with van der Waals surface area (Å²) >= 11 is 6.09. The average molecular weight is 408 g/mol. The second-order valence-corrected chi connectivity index (χ2v) is 9.28. The second kappa shape index (κ2) is 7.26. The smallest absolute Gasteiger partial charge is 0.315 e. The Balaban J connectivity index is 2.12. The zero-order valence-electron chi connectivity index (χ0n) is 15.2. The molecule has 0 unspecified atom stereocenters. The number of ether oxygens (including phenoxy) is 1. The Hall–Kier alpha value is -1.89. The molecule has 144 valence electrons. The van der Waals surface area contributed by atoms with Crippen LogP contribution in [0.15, 0.2) is 53.4 Å². The van der Waals surface area contributed by atoms with Gasteiger partial charge in [-0.25, -0.2) is 8.42 Å². The number of hydrogen-bond donors (Lipinski definition) is 1. The largest absolute Gasteiger partial charge is 0.465 e. The maximum absolute atomic E-state index is 13.4. The van der Waals surface area contributed by atoms with Gasteiger partial charge in [0.05, 0.1) is 16.8 Å². The first-order chi connectivity index (χ1) is 12.8. The summed E-state index contributed by atoms with van der Waals surface area (Å²) in [6.45, 7) is 3.59. The molecule has 0 radical (unpaired) electrons. The lowest BCUT2D eigenvalue weighted by atomic mass is 9.99. The lowest BCUT2D eigenvalue weighted by molar-refractivity contribution is -0.149. The van der Waals surface area contributed by atoms with E-state index in [0.29, 0.717) is 10.6 Å². The normalized spacial score (nSPS) is 24.4. The third-order valence-electron chi connectivity index (χ3n) is 5.14. The van der Waals surface area contributed by atoms with Gasteiger partial charge in [-0.1, -0.05) is 41.4 Å². The van der Waals surface area contributed by atoms with E-state index in [2.05, 4.69) is 0 Å². The van der Waals surface area contributed by atoms with Crippen LogP contribution in [0.4, 0.5) is 0 Å². The minimum Gasteiger partial charge on any atom is -0.465 e. The fraction of sp³-hybridized carbons (Fsp3) is 0.350. The molecule has 2 aromatic carbocycles. The predicted molar refractivity (Wildman–Crippen MR) is 104 cm³/mol. The van der Waals surface area contributed by atoms with E-state index < -0.39 is 32.4 Å². The van der Waals surface area contributed by atoms with Crippen molar-refractivity contribution in [2.45, 2.75) is 29.9 Å². The molecule has 0 aliphatic heterocycles. The molecule has 0 aromatic heterocycles. The highest BCUT2D eigenvalue weighted by atomic mass is 35.5. The van der Waals surface area contributed by atoms with Crippen LogP contribution in [0.25, 0.3) is 0 Å². The van der Waals surface area contributed by atoms with Gasteiger partial charge in [0.2, 0.25) is 0 Å². The molecule has 1 aliphatic carbocycles. The first-order valence-corrected chi connectivity index (χ1v) is 10.6. The van der Waals surface area contributed by atoms with Crippen molar-refractivity contribution in [3.8, 4) is 0 Å². The standard InChI is InChI=1S/C20H22ClNO4S/c1-3-26-19(23)20(12-22)17(14-5-4-6-15(21)11-14)18(20)27(24,25)16-9-7-13(2)8-10-16/h4-11,17-18H,3,12,22H2,1-2H3/t17-,18-,20+/m0/s1. The summed E-state index contributed by atoms with van der Waals surface area (Å²) in [4.78, 5) is 12.9. The molecule has 1 fully saturated rings. The van der Waals surface area contributed by atoms with Crippen molar-refractivity contribution in [1.82, 2.24) is 0 Å². The molecule has 2 aromatic rings. The Morgan fingerprint density at radius 2 is 1.89 bits per heavy atom. The molecule has 27 heavy (non-hydrogen) atoms. The van der Waals surface area contributed by atoms with Crippen molar-refractivity contribution < 1.29 is 17.9 Å². The van der Waals surface area contributed by atoms with E-state index in [4.69, 9.17) is 22.1 Å². The molecule has 7 heteroatoms. The topological polar surface area (TPSA) is 86.5 Å². The molecule has 1 aliphatic rings. The van der Waals surface area contributed by atoms with Crippen LogP contribution in [0.3, 0.4) is 0 Å². The number of rotatable bonds is 6. The van der Waals surface area contributed by atoms with E-state index in [1.165, 1.54) is 0 Å². The molecule has 3 rings (SSSR count). The Bertz CT molecular complexity index is 958. The van der Waals surface area contributed by atoms with E-state index >= 15 is 0 Å². The van der Waals surface area contributed by atoms with Crippen LogP contribution < -0.4 is 5.73 Å². The zero-order chi connectivity index (χ0) is 19.8. The summed E-state index contributed by atoms with van der Waals surface area (Å²) in [6, 6.07) is 13.5. The van der Waals surface area contributed by atoms with Crippen molar-refractivity contribution >= 4 is 27.4 Å². The Morgan fingerprint density at radius 3 is 2.44 bits per heavy atom. The minimum atomic E-state index is -3.80. The maximum Gasteiger partial charge on any atom is 0.315 e. The van der Waals surface area contributed by atoms with Crippen LogP contribution in [0.5, 0.6) is 0 Å². The molecule has 2 N–H and O–H groups in total. The van der Waals surface area contributed by atoms with Crippen LogP contribution in [0.2, 0.25) is 5.02 Å². The van der Waals surface area contributed by atoms with Crippen LogP contribution in [-0.2, 0) is 19.4 Å². The van der Waals surface area contributed by atoms with E-state index in [1.54, 1.807) is 55.5 Å². The maximum atomic E-state index is 13.4. The van der Waals surface area contributed by atoms with Gasteiger partial charge in [-0.3, -0.25) is 4.79 Å². The molecule has 1 saturated carbocycles. The van der Waals surface area contributed by atoms with E-state index in [1.807, 2.05) is 6.92 Å². The van der Waals surface area contributed by atoms with Gasteiger partial charge in [0.1, 0.15) is 5.41 Å². The van der Waals surface area contributed by atoms with E-state index in [0.717, 1.165) is 5.56 Å². The molecule has 0 heterocycles. The molecule has 3 atom stereocenters. The van der Waals surface area contributed by atoms with Gasteiger partial charge in [0, 0.05) is 17.5 Å². The van der Waals surface area contributed by atoms with Gasteiger partial charge in [0.25, 0.3) is 0 Å². The van der Waals surface area contributed by atoms with Gasteiger partial charge < -0.3 is 10.5 Å². The summed E-state index contributed by atoms with van der Waals surface area (Å²) in [6.07, 6.45) is 0. The van der Waals surface area contributed by atoms with Gasteiger partial charge in [-0.05, 0) is 43.7 Å². The number of nitrogens with two attached hydrogens (primary N) is 1. The lowest BCUT2D eigenvalue weighted by Crippen LogP contribution is -2.33. The number of aryl methyl sites for hydroxylation is 1. The summed E-state index contributed by atoms with van der Waals surface area (Å²) < 4.78 is 31.9. The number of esters is 1. The third kappa shape index (κ3) is 3.26. The van der Waals surface area contributed by atoms with E-state index in [-0.39, 0.29) is 18.0 Å². The second-order valence-electron chi connectivity index (χ2n) is 6.78. The van der Waals surface area contributed by atoms with Crippen molar-refractivity contribution in [2.75, 3.05) is 13.2 Å². The quantitative estimate of drug-likeness (QED) is 0.743. The lowest BCUT2D eigenvalue weighted by Gasteiger charge is -2.14.